The van der Waals surface area contributed by atoms with Crippen LogP contribution >= 0.6 is 0 Å². The van der Waals surface area contributed by atoms with Crippen molar-refractivity contribution in [3.8, 4) is 0 Å². The van der Waals surface area contributed by atoms with Crippen molar-refractivity contribution >= 4 is 11.4 Å². The first-order valence-corrected chi connectivity index (χ1v) is 6.73. The van der Waals surface area contributed by atoms with Crippen LogP contribution in [0.1, 0.15) is 25.3 Å². The van der Waals surface area contributed by atoms with E-state index in [0.29, 0.717) is 11.6 Å². The largest absolute Gasteiger partial charge is 0.379 e. The van der Waals surface area contributed by atoms with Crippen molar-refractivity contribution < 1.29 is 9.66 Å². The quantitative estimate of drug-likeness (QED) is 0.655. The number of nitrogens with one attached hydrogen (secondary N) is 1. The third kappa shape index (κ3) is 3.04. The van der Waals surface area contributed by atoms with E-state index in [1.165, 1.54) is 6.07 Å². The van der Waals surface area contributed by atoms with Gasteiger partial charge in [-0.25, -0.2) is 0 Å². The SMILES string of the molecule is CCC1OCCC1CNc1c(C)cccc1[N+](=O)[O-]. The fourth-order valence-electron chi connectivity index (χ4n) is 2.65. The maximum atomic E-state index is 11.0. The zero-order valence-electron chi connectivity index (χ0n) is 11.4. The van der Waals surface area contributed by atoms with Crippen molar-refractivity contribution in [3.63, 3.8) is 0 Å². The highest BCUT2D eigenvalue weighted by Crippen LogP contribution is 2.29. The standard InChI is InChI=1S/C14H20N2O3/c1-3-13-11(7-8-19-13)9-15-14-10(2)5-4-6-12(14)16(17)18/h4-6,11,13,15H,3,7-9H2,1-2H3. The summed E-state index contributed by atoms with van der Waals surface area (Å²) < 4.78 is 5.64. The zero-order valence-corrected chi connectivity index (χ0v) is 11.4. The van der Waals surface area contributed by atoms with E-state index in [1.807, 2.05) is 13.0 Å². The van der Waals surface area contributed by atoms with Gasteiger partial charge in [-0.15, -0.1) is 0 Å². The molecule has 104 valence electrons. The van der Waals surface area contributed by atoms with E-state index in [4.69, 9.17) is 4.74 Å². The molecule has 0 radical (unpaired) electrons. The van der Waals surface area contributed by atoms with Gasteiger partial charge in [0.15, 0.2) is 0 Å². The van der Waals surface area contributed by atoms with Crippen LogP contribution in [0.2, 0.25) is 0 Å². The molecule has 1 fully saturated rings. The average Bonchev–Trinajstić information content (AvgIpc) is 2.84. The molecule has 1 heterocycles. The maximum absolute atomic E-state index is 11.0. The van der Waals surface area contributed by atoms with Gasteiger partial charge in [0, 0.05) is 25.1 Å². The molecule has 1 N–H and O–H groups in total. The Morgan fingerprint density at radius 1 is 1.53 bits per heavy atom. The first-order valence-electron chi connectivity index (χ1n) is 6.73. The van der Waals surface area contributed by atoms with E-state index in [9.17, 15) is 10.1 Å². The van der Waals surface area contributed by atoms with E-state index in [1.54, 1.807) is 6.07 Å². The number of ether oxygens (including phenoxy) is 1. The van der Waals surface area contributed by atoms with Crippen molar-refractivity contribution in [2.24, 2.45) is 5.92 Å². The Morgan fingerprint density at radius 2 is 2.32 bits per heavy atom. The number of nitro groups is 1. The molecule has 1 saturated heterocycles. The number of benzene rings is 1. The average molecular weight is 264 g/mol. The molecule has 0 bridgehead atoms. The minimum atomic E-state index is -0.336. The summed E-state index contributed by atoms with van der Waals surface area (Å²) in [5.74, 6) is 0.434. The van der Waals surface area contributed by atoms with Crippen molar-refractivity contribution in [3.05, 3.63) is 33.9 Å². The van der Waals surface area contributed by atoms with Gasteiger partial charge < -0.3 is 10.1 Å². The minimum absolute atomic E-state index is 0.145. The Bertz CT molecular complexity index is 462. The van der Waals surface area contributed by atoms with Crippen molar-refractivity contribution in [1.82, 2.24) is 0 Å². The Morgan fingerprint density at radius 3 is 3.00 bits per heavy atom. The zero-order chi connectivity index (χ0) is 13.8. The van der Waals surface area contributed by atoms with Crippen LogP contribution in [0, 0.1) is 23.0 Å². The van der Waals surface area contributed by atoms with Crippen molar-refractivity contribution in [1.29, 1.82) is 0 Å². The third-order valence-electron chi connectivity index (χ3n) is 3.74. The summed E-state index contributed by atoms with van der Waals surface area (Å²) in [6, 6.07) is 5.14. The molecule has 0 aliphatic carbocycles. The van der Waals surface area contributed by atoms with Crippen LogP contribution in [-0.4, -0.2) is 24.2 Å². The van der Waals surface area contributed by atoms with Gasteiger partial charge in [0.25, 0.3) is 5.69 Å². The van der Waals surface area contributed by atoms with Gasteiger partial charge in [0.2, 0.25) is 0 Å². The monoisotopic (exact) mass is 264 g/mol. The number of para-hydroxylation sites is 1. The Balaban J connectivity index is 2.09. The molecule has 5 heteroatoms. The van der Waals surface area contributed by atoms with Gasteiger partial charge >= 0.3 is 0 Å². The van der Waals surface area contributed by atoms with E-state index in [-0.39, 0.29) is 16.7 Å². The van der Waals surface area contributed by atoms with E-state index >= 15 is 0 Å². The highest BCUT2D eigenvalue weighted by Gasteiger charge is 2.27. The lowest BCUT2D eigenvalue weighted by molar-refractivity contribution is -0.384. The van der Waals surface area contributed by atoms with Crippen LogP contribution in [0.5, 0.6) is 0 Å². The molecule has 5 nitrogen and oxygen atoms in total. The molecule has 19 heavy (non-hydrogen) atoms. The molecular weight excluding hydrogens is 244 g/mol. The smallest absolute Gasteiger partial charge is 0.292 e. The summed E-state index contributed by atoms with van der Waals surface area (Å²) >= 11 is 0. The lowest BCUT2D eigenvalue weighted by atomic mass is 9.99. The highest BCUT2D eigenvalue weighted by molar-refractivity contribution is 5.65. The number of anilines is 1. The summed E-state index contributed by atoms with van der Waals surface area (Å²) in [5, 5.41) is 14.3. The third-order valence-corrected chi connectivity index (χ3v) is 3.74. The fraction of sp³-hybridized carbons (Fsp3) is 0.571. The van der Waals surface area contributed by atoms with Crippen LogP contribution in [0.15, 0.2) is 18.2 Å². The molecule has 2 unspecified atom stereocenters. The topological polar surface area (TPSA) is 64.4 Å². The second-order valence-corrected chi connectivity index (χ2v) is 4.97. The van der Waals surface area contributed by atoms with Gasteiger partial charge in [-0.3, -0.25) is 10.1 Å². The van der Waals surface area contributed by atoms with Gasteiger partial charge in [0.05, 0.1) is 11.0 Å². The predicted molar refractivity (Wildman–Crippen MR) is 74.5 cm³/mol. The summed E-state index contributed by atoms with van der Waals surface area (Å²) in [4.78, 5) is 10.7. The number of rotatable bonds is 5. The summed E-state index contributed by atoms with van der Waals surface area (Å²) in [7, 11) is 0. The highest BCUT2D eigenvalue weighted by atomic mass is 16.6. The number of nitro benzene ring substituents is 1. The second-order valence-electron chi connectivity index (χ2n) is 4.97. The molecule has 1 aliphatic rings. The number of hydrogen-bond acceptors (Lipinski definition) is 4. The van der Waals surface area contributed by atoms with E-state index < -0.39 is 0 Å². The lowest BCUT2D eigenvalue weighted by Gasteiger charge is -2.18. The van der Waals surface area contributed by atoms with Gasteiger partial charge in [-0.1, -0.05) is 19.1 Å². The molecule has 0 aromatic heterocycles. The Labute approximate surface area is 113 Å². The predicted octanol–water partition coefficient (Wildman–Crippen LogP) is 3.13. The van der Waals surface area contributed by atoms with Gasteiger partial charge in [-0.05, 0) is 25.3 Å². The molecule has 2 rings (SSSR count). The maximum Gasteiger partial charge on any atom is 0.292 e. The number of aryl methyl sites for hydroxylation is 1. The van der Waals surface area contributed by atoms with Crippen molar-refractivity contribution in [2.75, 3.05) is 18.5 Å². The Hall–Kier alpha value is -1.62. The van der Waals surface area contributed by atoms with Gasteiger partial charge in [-0.2, -0.15) is 0 Å². The van der Waals surface area contributed by atoms with Crippen LogP contribution in [-0.2, 0) is 4.74 Å². The van der Waals surface area contributed by atoms with Crippen molar-refractivity contribution in [2.45, 2.75) is 32.8 Å². The summed E-state index contributed by atoms with van der Waals surface area (Å²) in [5.41, 5.74) is 1.68. The number of nitrogens with zero attached hydrogens (tertiary/aromatic N) is 1. The summed E-state index contributed by atoms with van der Waals surface area (Å²) in [6.07, 6.45) is 2.28. The van der Waals surface area contributed by atoms with E-state index in [2.05, 4.69) is 12.2 Å². The number of hydrogen-bond donors (Lipinski definition) is 1. The second kappa shape index (κ2) is 6.02. The molecule has 1 aliphatic heterocycles. The van der Waals surface area contributed by atoms with Crippen LogP contribution < -0.4 is 5.32 Å². The van der Waals surface area contributed by atoms with Gasteiger partial charge in [0.1, 0.15) is 5.69 Å². The first-order chi connectivity index (χ1) is 9.13. The fourth-order valence-corrected chi connectivity index (χ4v) is 2.65. The Kier molecular flexibility index (Phi) is 4.37. The first kappa shape index (κ1) is 13.8. The molecule has 0 amide bonds. The normalized spacial score (nSPS) is 22.4. The molecule has 2 atom stereocenters. The molecule has 0 saturated carbocycles. The van der Waals surface area contributed by atoms with Crippen LogP contribution in [0.4, 0.5) is 11.4 Å². The summed E-state index contributed by atoms with van der Waals surface area (Å²) in [6.45, 7) is 5.52. The van der Waals surface area contributed by atoms with Crippen LogP contribution in [0.25, 0.3) is 0 Å². The van der Waals surface area contributed by atoms with E-state index in [0.717, 1.165) is 31.6 Å². The molecule has 0 spiro atoms. The lowest BCUT2D eigenvalue weighted by Crippen LogP contribution is -2.23. The van der Waals surface area contributed by atoms with Crippen LogP contribution in [0.3, 0.4) is 0 Å². The molecular formula is C14H20N2O3. The molecule has 1 aromatic carbocycles. The molecule has 1 aromatic rings. The minimum Gasteiger partial charge on any atom is -0.379 e.